The molecule has 21 heavy (non-hydrogen) atoms. The Kier molecular flexibility index (Phi) is 4.41. The monoisotopic (exact) mass is 372 g/mol. The highest BCUT2D eigenvalue weighted by atomic mass is 79.9. The fourth-order valence-electron chi connectivity index (χ4n) is 2.89. The highest BCUT2D eigenvalue weighted by molar-refractivity contribution is 9.10. The maximum atomic E-state index is 12.5. The van der Waals surface area contributed by atoms with Gasteiger partial charge < -0.3 is 4.90 Å². The molecule has 1 aliphatic carbocycles. The summed E-state index contributed by atoms with van der Waals surface area (Å²) >= 11 is 3.40. The van der Waals surface area contributed by atoms with Gasteiger partial charge in [0.2, 0.25) is 10.0 Å². The van der Waals surface area contributed by atoms with Gasteiger partial charge in [0, 0.05) is 16.6 Å². The van der Waals surface area contributed by atoms with E-state index in [1.54, 1.807) is 18.2 Å². The molecular formula is C15H21BrN2O2S. The van der Waals surface area contributed by atoms with Crippen molar-refractivity contribution in [1.82, 2.24) is 9.62 Å². The lowest BCUT2D eigenvalue weighted by Crippen LogP contribution is -2.45. The SMILES string of the molecule is Cc1cc(S(=O)(=O)NC2CCN(C3CC3)CC2)ccc1Br. The molecular weight excluding hydrogens is 352 g/mol. The lowest BCUT2D eigenvalue weighted by molar-refractivity contribution is 0.199. The first kappa shape index (κ1) is 15.5. The van der Waals surface area contributed by atoms with Gasteiger partial charge in [0.15, 0.2) is 0 Å². The Bertz CT molecular complexity index is 621. The Morgan fingerprint density at radius 2 is 1.86 bits per heavy atom. The summed E-state index contributed by atoms with van der Waals surface area (Å²) in [4.78, 5) is 2.85. The Balaban J connectivity index is 1.64. The third-order valence-electron chi connectivity index (χ3n) is 4.35. The number of benzene rings is 1. The Hall–Kier alpha value is -0.430. The molecule has 1 N–H and O–H groups in total. The fraction of sp³-hybridized carbons (Fsp3) is 0.600. The second-order valence-electron chi connectivity index (χ2n) is 6.07. The van der Waals surface area contributed by atoms with Gasteiger partial charge in [-0.05, 0) is 69.5 Å². The second-order valence-corrected chi connectivity index (χ2v) is 8.64. The molecule has 0 bridgehead atoms. The van der Waals surface area contributed by atoms with Crippen molar-refractivity contribution >= 4 is 26.0 Å². The summed E-state index contributed by atoms with van der Waals surface area (Å²) in [7, 11) is -3.41. The molecule has 1 aromatic rings. The summed E-state index contributed by atoms with van der Waals surface area (Å²) in [6.45, 7) is 3.92. The van der Waals surface area contributed by atoms with E-state index in [1.807, 2.05) is 6.92 Å². The zero-order valence-electron chi connectivity index (χ0n) is 12.2. The molecule has 0 unspecified atom stereocenters. The van der Waals surface area contributed by atoms with Crippen LogP contribution in [0, 0.1) is 6.92 Å². The minimum Gasteiger partial charge on any atom is -0.300 e. The van der Waals surface area contributed by atoms with E-state index >= 15 is 0 Å². The highest BCUT2D eigenvalue weighted by Gasteiger charge is 2.33. The lowest BCUT2D eigenvalue weighted by Gasteiger charge is -2.32. The van der Waals surface area contributed by atoms with Gasteiger partial charge in [-0.1, -0.05) is 15.9 Å². The smallest absolute Gasteiger partial charge is 0.240 e. The predicted octanol–water partition coefficient (Wildman–Crippen LogP) is 2.66. The van der Waals surface area contributed by atoms with E-state index in [9.17, 15) is 8.42 Å². The number of nitrogens with zero attached hydrogens (tertiary/aromatic N) is 1. The topological polar surface area (TPSA) is 49.4 Å². The van der Waals surface area contributed by atoms with E-state index in [0.717, 1.165) is 42.0 Å². The van der Waals surface area contributed by atoms with Crippen LogP contribution in [0.25, 0.3) is 0 Å². The molecule has 2 fully saturated rings. The maximum Gasteiger partial charge on any atom is 0.240 e. The molecule has 0 radical (unpaired) electrons. The zero-order valence-corrected chi connectivity index (χ0v) is 14.6. The predicted molar refractivity (Wildman–Crippen MR) is 86.8 cm³/mol. The van der Waals surface area contributed by atoms with Crippen molar-refractivity contribution in [1.29, 1.82) is 0 Å². The Morgan fingerprint density at radius 3 is 2.43 bits per heavy atom. The molecule has 2 aliphatic rings. The van der Waals surface area contributed by atoms with Crippen molar-refractivity contribution in [2.24, 2.45) is 0 Å². The summed E-state index contributed by atoms with van der Waals surface area (Å²) < 4.78 is 28.7. The van der Waals surface area contributed by atoms with Crippen LogP contribution in [0.3, 0.4) is 0 Å². The Morgan fingerprint density at radius 1 is 1.19 bits per heavy atom. The number of sulfonamides is 1. The molecule has 116 valence electrons. The number of aryl methyl sites for hydroxylation is 1. The van der Waals surface area contributed by atoms with E-state index in [4.69, 9.17) is 0 Å². The number of piperidine rings is 1. The van der Waals surface area contributed by atoms with Gasteiger partial charge in [-0.15, -0.1) is 0 Å². The van der Waals surface area contributed by atoms with Crippen LogP contribution >= 0.6 is 15.9 Å². The molecule has 1 heterocycles. The van der Waals surface area contributed by atoms with Crippen LogP contribution in [0.4, 0.5) is 0 Å². The molecule has 0 amide bonds. The van der Waals surface area contributed by atoms with Crippen LogP contribution in [-0.4, -0.2) is 38.5 Å². The molecule has 0 spiro atoms. The lowest BCUT2D eigenvalue weighted by atomic mass is 10.1. The number of nitrogens with one attached hydrogen (secondary N) is 1. The number of halogens is 1. The van der Waals surface area contributed by atoms with Crippen molar-refractivity contribution < 1.29 is 8.42 Å². The number of hydrogen-bond acceptors (Lipinski definition) is 3. The minimum absolute atomic E-state index is 0.0638. The molecule has 4 nitrogen and oxygen atoms in total. The first-order valence-corrected chi connectivity index (χ1v) is 9.76. The van der Waals surface area contributed by atoms with E-state index in [-0.39, 0.29) is 6.04 Å². The molecule has 1 saturated carbocycles. The minimum atomic E-state index is -3.41. The van der Waals surface area contributed by atoms with Crippen molar-refractivity contribution in [2.75, 3.05) is 13.1 Å². The maximum absolute atomic E-state index is 12.5. The van der Waals surface area contributed by atoms with E-state index < -0.39 is 10.0 Å². The van der Waals surface area contributed by atoms with Gasteiger partial charge in [0.25, 0.3) is 0 Å². The van der Waals surface area contributed by atoms with E-state index in [2.05, 4.69) is 25.6 Å². The fourth-order valence-corrected chi connectivity index (χ4v) is 4.53. The van der Waals surface area contributed by atoms with Crippen LogP contribution in [-0.2, 0) is 10.0 Å². The van der Waals surface area contributed by atoms with Crippen molar-refractivity contribution in [2.45, 2.75) is 49.6 Å². The number of rotatable bonds is 4. The van der Waals surface area contributed by atoms with Crippen LogP contribution in [0.1, 0.15) is 31.2 Å². The summed E-state index contributed by atoms with van der Waals surface area (Å²) in [6, 6.07) is 6.00. The average molecular weight is 373 g/mol. The van der Waals surface area contributed by atoms with Gasteiger partial charge in [0.1, 0.15) is 0 Å². The van der Waals surface area contributed by atoms with Crippen molar-refractivity contribution in [3.05, 3.63) is 28.2 Å². The summed E-state index contributed by atoms with van der Waals surface area (Å²) in [5.41, 5.74) is 0.932. The third kappa shape index (κ3) is 3.67. The first-order valence-electron chi connectivity index (χ1n) is 7.48. The van der Waals surface area contributed by atoms with Crippen molar-refractivity contribution in [3.8, 4) is 0 Å². The van der Waals surface area contributed by atoms with Gasteiger partial charge >= 0.3 is 0 Å². The molecule has 1 saturated heterocycles. The normalized spacial score (nSPS) is 21.6. The van der Waals surface area contributed by atoms with Crippen molar-refractivity contribution in [3.63, 3.8) is 0 Å². The first-order chi connectivity index (χ1) is 9.95. The summed E-state index contributed by atoms with van der Waals surface area (Å²) in [5.74, 6) is 0. The van der Waals surface area contributed by atoms with E-state index in [1.165, 1.54) is 12.8 Å². The van der Waals surface area contributed by atoms with Crippen LogP contribution in [0.15, 0.2) is 27.6 Å². The molecule has 6 heteroatoms. The van der Waals surface area contributed by atoms with Crippen LogP contribution < -0.4 is 4.72 Å². The van der Waals surface area contributed by atoms with Gasteiger partial charge in [-0.3, -0.25) is 0 Å². The quantitative estimate of drug-likeness (QED) is 0.883. The third-order valence-corrected chi connectivity index (χ3v) is 6.76. The van der Waals surface area contributed by atoms with Crippen LogP contribution in [0.2, 0.25) is 0 Å². The molecule has 3 rings (SSSR count). The molecule has 0 atom stereocenters. The summed E-state index contributed by atoms with van der Waals surface area (Å²) in [6.07, 6.45) is 4.44. The van der Waals surface area contributed by atoms with Gasteiger partial charge in [0.05, 0.1) is 4.90 Å². The standard InChI is InChI=1S/C15H21BrN2O2S/c1-11-10-14(4-5-15(11)16)21(19,20)17-12-6-8-18(9-7-12)13-2-3-13/h4-5,10,12-13,17H,2-3,6-9H2,1H3. The van der Waals surface area contributed by atoms with E-state index in [0.29, 0.717) is 4.90 Å². The molecule has 1 aliphatic heterocycles. The van der Waals surface area contributed by atoms with Gasteiger partial charge in [-0.2, -0.15) is 0 Å². The highest BCUT2D eigenvalue weighted by Crippen LogP contribution is 2.29. The average Bonchev–Trinajstić information content (AvgIpc) is 3.27. The Labute approximate surface area is 135 Å². The molecule has 0 aromatic heterocycles. The summed E-state index contributed by atoms with van der Waals surface area (Å²) in [5, 5.41) is 0. The number of hydrogen-bond donors (Lipinski definition) is 1. The second kappa shape index (κ2) is 5.99. The number of likely N-dealkylation sites (tertiary alicyclic amines) is 1. The zero-order chi connectivity index (χ0) is 15.0. The molecule has 1 aromatic carbocycles. The van der Waals surface area contributed by atoms with Crippen LogP contribution in [0.5, 0.6) is 0 Å². The van der Waals surface area contributed by atoms with Gasteiger partial charge in [-0.25, -0.2) is 13.1 Å². The largest absolute Gasteiger partial charge is 0.300 e.